The lowest BCUT2D eigenvalue weighted by Crippen LogP contribution is -2.04. The van der Waals surface area contributed by atoms with E-state index in [4.69, 9.17) is 16.0 Å². The second-order valence-corrected chi connectivity index (χ2v) is 3.69. The third-order valence-corrected chi connectivity index (χ3v) is 2.26. The van der Waals surface area contributed by atoms with E-state index in [1.807, 2.05) is 0 Å². The van der Waals surface area contributed by atoms with Crippen LogP contribution in [0.4, 0.5) is 16.1 Å². The van der Waals surface area contributed by atoms with Crippen LogP contribution in [0.25, 0.3) is 0 Å². The zero-order chi connectivity index (χ0) is 12.3. The van der Waals surface area contributed by atoms with E-state index < -0.39 is 5.82 Å². The second-order valence-electron chi connectivity index (χ2n) is 3.29. The number of rotatable bonds is 4. The molecule has 7 heteroatoms. The van der Waals surface area contributed by atoms with Crippen LogP contribution in [0.2, 0.25) is 5.02 Å². The third kappa shape index (κ3) is 2.92. The minimum Gasteiger partial charge on any atom is -0.406 e. The number of hydrogen-bond donors (Lipinski definition) is 2. The van der Waals surface area contributed by atoms with Crippen LogP contribution in [0.15, 0.2) is 22.6 Å². The number of nitrogens with zero attached hydrogens (tertiary/aromatic N) is 2. The number of nitrogens with one attached hydrogen (secondary N) is 2. The van der Waals surface area contributed by atoms with E-state index in [-0.39, 0.29) is 11.0 Å². The fraction of sp³-hybridized carbons (Fsp3) is 0.200. The third-order valence-electron chi connectivity index (χ3n) is 1.97. The van der Waals surface area contributed by atoms with Crippen molar-refractivity contribution in [3.8, 4) is 0 Å². The lowest BCUT2D eigenvalue weighted by molar-refractivity contribution is 0.493. The van der Waals surface area contributed by atoms with Gasteiger partial charge in [-0.15, -0.1) is 5.10 Å². The van der Waals surface area contributed by atoms with Gasteiger partial charge < -0.3 is 15.1 Å². The molecule has 0 aliphatic heterocycles. The molecule has 0 atom stereocenters. The molecule has 0 saturated carbocycles. The lowest BCUT2D eigenvalue weighted by Gasteiger charge is -2.01. The molecule has 1 aromatic heterocycles. The summed E-state index contributed by atoms with van der Waals surface area (Å²) in [4.78, 5) is 0. The molecule has 0 fully saturated rings. The highest BCUT2D eigenvalue weighted by atomic mass is 35.5. The van der Waals surface area contributed by atoms with Crippen LogP contribution in [0.1, 0.15) is 5.89 Å². The van der Waals surface area contributed by atoms with Gasteiger partial charge in [-0.05, 0) is 25.2 Å². The standard InChI is InChI=1S/C10H10ClFN4O/c1-13-5-9-15-16-10(17-9)14-6-2-3-8(12)7(11)4-6/h2-4,13H,5H2,1H3,(H,14,16). The van der Waals surface area contributed by atoms with Gasteiger partial charge in [-0.2, -0.15) is 0 Å². The molecule has 0 unspecified atom stereocenters. The second kappa shape index (κ2) is 5.11. The van der Waals surface area contributed by atoms with Gasteiger partial charge in [0.1, 0.15) is 5.82 Å². The molecule has 2 N–H and O–H groups in total. The summed E-state index contributed by atoms with van der Waals surface area (Å²) in [5.74, 6) is -0.0122. The summed E-state index contributed by atoms with van der Waals surface area (Å²) < 4.78 is 18.2. The molecule has 0 amide bonds. The summed E-state index contributed by atoms with van der Waals surface area (Å²) in [7, 11) is 1.77. The van der Waals surface area contributed by atoms with Crippen LogP contribution >= 0.6 is 11.6 Å². The largest absolute Gasteiger partial charge is 0.406 e. The molecule has 0 bridgehead atoms. The first-order valence-corrected chi connectivity index (χ1v) is 5.26. The molecule has 0 saturated heterocycles. The summed E-state index contributed by atoms with van der Waals surface area (Å²) in [6, 6.07) is 4.47. The van der Waals surface area contributed by atoms with Crippen molar-refractivity contribution in [2.45, 2.75) is 6.54 Å². The summed E-state index contributed by atoms with van der Waals surface area (Å²) in [6.45, 7) is 0.485. The SMILES string of the molecule is CNCc1nnc(Nc2ccc(F)c(Cl)c2)o1. The van der Waals surface area contributed by atoms with Gasteiger partial charge in [0.15, 0.2) is 0 Å². The van der Waals surface area contributed by atoms with Gasteiger partial charge in [0, 0.05) is 5.69 Å². The Hall–Kier alpha value is -1.66. The van der Waals surface area contributed by atoms with Crippen molar-refractivity contribution in [2.75, 3.05) is 12.4 Å². The molecule has 0 aliphatic rings. The smallest absolute Gasteiger partial charge is 0.320 e. The first-order chi connectivity index (χ1) is 8.19. The first-order valence-electron chi connectivity index (χ1n) is 4.88. The molecular weight excluding hydrogens is 247 g/mol. The van der Waals surface area contributed by atoms with Crippen molar-refractivity contribution in [3.05, 3.63) is 34.9 Å². The van der Waals surface area contributed by atoms with Crippen LogP contribution in [-0.4, -0.2) is 17.2 Å². The van der Waals surface area contributed by atoms with Gasteiger partial charge in [0.2, 0.25) is 5.89 Å². The maximum Gasteiger partial charge on any atom is 0.320 e. The number of aromatic nitrogens is 2. The molecule has 17 heavy (non-hydrogen) atoms. The fourth-order valence-electron chi connectivity index (χ4n) is 1.22. The number of anilines is 2. The average molecular weight is 257 g/mol. The van der Waals surface area contributed by atoms with Crippen molar-refractivity contribution in [1.29, 1.82) is 0 Å². The lowest BCUT2D eigenvalue weighted by atomic mass is 10.3. The normalized spacial score (nSPS) is 10.5. The monoisotopic (exact) mass is 256 g/mol. The van der Waals surface area contributed by atoms with Gasteiger partial charge in [-0.1, -0.05) is 16.7 Å². The van der Waals surface area contributed by atoms with Gasteiger partial charge in [-0.25, -0.2) is 4.39 Å². The Bertz CT molecular complexity index is 517. The molecule has 1 aromatic carbocycles. The molecular formula is C10H10ClFN4O. The van der Waals surface area contributed by atoms with Crippen molar-refractivity contribution < 1.29 is 8.81 Å². The first kappa shape index (κ1) is 11.8. The van der Waals surface area contributed by atoms with Gasteiger partial charge in [0.25, 0.3) is 0 Å². The minimum atomic E-state index is -0.474. The van der Waals surface area contributed by atoms with E-state index in [0.717, 1.165) is 0 Å². The van der Waals surface area contributed by atoms with E-state index >= 15 is 0 Å². The predicted octanol–water partition coefficient (Wildman–Crippen LogP) is 2.33. The Morgan fingerprint density at radius 2 is 2.24 bits per heavy atom. The molecule has 2 aromatic rings. The molecule has 0 spiro atoms. The van der Waals surface area contributed by atoms with Crippen molar-refractivity contribution in [3.63, 3.8) is 0 Å². The van der Waals surface area contributed by atoms with Crippen LogP contribution in [0, 0.1) is 5.82 Å². The Morgan fingerprint density at radius 3 is 2.94 bits per heavy atom. The highest BCUT2D eigenvalue weighted by Gasteiger charge is 2.06. The van der Waals surface area contributed by atoms with E-state index in [9.17, 15) is 4.39 Å². The minimum absolute atomic E-state index is 0.0324. The zero-order valence-corrected chi connectivity index (χ0v) is 9.75. The van der Waals surface area contributed by atoms with E-state index in [1.165, 1.54) is 18.2 Å². The van der Waals surface area contributed by atoms with Crippen LogP contribution in [0.3, 0.4) is 0 Å². The summed E-state index contributed by atoms with van der Waals surface area (Å²) >= 11 is 5.64. The fourth-order valence-corrected chi connectivity index (χ4v) is 1.40. The van der Waals surface area contributed by atoms with E-state index in [1.54, 1.807) is 7.05 Å². The number of hydrogen-bond acceptors (Lipinski definition) is 5. The molecule has 90 valence electrons. The van der Waals surface area contributed by atoms with Crippen LogP contribution in [-0.2, 0) is 6.54 Å². The van der Waals surface area contributed by atoms with Gasteiger partial charge in [0.05, 0.1) is 11.6 Å². The van der Waals surface area contributed by atoms with Crippen molar-refractivity contribution >= 4 is 23.3 Å². The Morgan fingerprint density at radius 1 is 1.41 bits per heavy atom. The molecule has 5 nitrogen and oxygen atoms in total. The summed E-state index contributed by atoms with van der Waals surface area (Å²) in [5.41, 5.74) is 0.580. The number of benzene rings is 1. The molecule has 0 radical (unpaired) electrons. The summed E-state index contributed by atoms with van der Waals surface area (Å²) in [5, 5.41) is 13.3. The highest BCUT2D eigenvalue weighted by molar-refractivity contribution is 6.31. The maximum atomic E-state index is 12.9. The molecule has 1 heterocycles. The van der Waals surface area contributed by atoms with E-state index in [0.29, 0.717) is 18.1 Å². The highest BCUT2D eigenvalue weighted by Crippen LogP contribution is 2.22. The van der Waals surface area contributed by atoms with E-state index in [2.05, 4.69) is 20.8 Å². The Kier molecular flexibility index (Phi) is 3.55. The van der Waals surface area contributed by atoms with Crippen LogP contribution in [0.5, 0.6) is 0 Å². The quantitative estimate of drug-likeness (QED) is 0.879. The van der Waals surface area contributed by atoms with Crippen molar-refractivity contribution in [1.82, 2.24) is 15.5 Å². The average Bonchev–Trinajstić information content (AvgIpc) is 2.72. The molecule has 2 rings (SSSR count). The number of halogens is 2. The maximum absolute atomic E-state index is 12.9. The topological polar surface area (TPSA) is 63.0 Å². The van der Waals surface area contributed by atoms with Crippen LogP contribution < -0.4 is 10.6 Å². The molecule has 0 aliphatic carbocycles. The van der Waals surface area contributed by atoms with Crippen molar-refractivity contribution in [2.24, 2.45) is 0 Å². The Balaban J connectivity index is 2.11. The summed E-state index contributed by atoms with van der Waals surface area (Å²) in [6.07, 6.45) is 0. The zero-order valence-electron chi connectivity index (χ0n) is 9.00. The predicted molar refractivity (Wildman–Crippen MR) is 61.8 cm³/mol. The van der Waals surface area contributed by atoms with Gasteiger partial charge >= 0.3 is 6.01 Å². The van der Waals surface area contributed by atoms with Gasteiger partial charge in [-0.3, -0.25) is 0 Å². The Labute approximate surface area is 102 Å².